The van der Waals surface area contributed by atoms with Crippen LogP contribution in [0.3, 0.4) is 0 Å². The lowest BCUT2D eigenvalue weighted by Gasteiger charge is -2.28. The van der Waals surface area contributed by atoms with E-state index in [4.69, 9.17) is 0 Å². The van der Waals surface area contributed by atoms with Crippen molar-refractivity contribution in [2.75, 3.05) is 6.54 Å². The summed E-state index contributed by atoms with van der Waals surface area (Å²) in [7, 11) is 0. The first-order valence-electron chi connectivity index (χ1n) is 6.73. The van der Waals surface area contributed by atoms with Crippen molar-refractivity contribution in [3.8, 4) is 0 Å². The number of hydrogen-bond acceptors (Lipinski definition) is 3. The molecule has 20 heavy (non-hydrogen) atoms. The quantitative estimate of drug-likeness (QED) is 0.823. The van der Waals surface area contributed by atoms with Crippen molar-refractivity contribution < 1.29 is 14.4 Å². The van der Waals surface area contributed by atoms with E-state index in [1.54, 1.807) is 24.3 Å². The topological polar surface area (TPSA) is 78.8 Å². The molecule has 6 heteroatoms. The number of allylic oxidation sites excluding steroid dienone is 3. The van der Waals surface area contributed by atoms with Gasteiger partial charge in [-0.1, -0.05) is 18.2 Å². The highest BCUT2D eigenvalue weighted by molar-refractivity contribution is 6.21. The Hall–Kier alpha value is -2.24. The van der Waals surface area contributed by atoms with E-state index in [0.29, 0.717) is 5.71 Å². The van der Waals surface area contributed by atoms with E-state index in [9.17, 15) is 14.4 Å². The van der Waals surface area contributed by atoms with E-state index in [2.05, 4.69) is 10.3 Å². The largest absolute Gasteiger partial charge is 0.353 e. The number of carbonyl (C=O) groups excluding carboxylic acids is 3. The van der Waals surface area contributed by atoms with Crippen molar-refractivity contribution in [2.24, 2.45) is 10.9 Å². The van der Waals surface area contributed by atoms with Gasteiger partial charge in [-0.05, 0) is 18.9 Å². The number of imide groups is 1. The lowest BCUT2D eigenvalue weighted by Crippen LogP contribution is -2.47. The average Bonchev–Trinajstić information content (AvgIpc) is 3.22. The Morgan fingerprint density at radius 2 is 2.15 bits per heavy atom. The first kappa shape index (κ1) is 12.8. The summed E-state index contributed by atoms with van der Waals surface area (Å²) in [6.07, 6.45) is 9.04. The van der Waals surface area contributed by atoms with Crippen LogP contribution >= 0.6 is 0 Å². The number of nitrogens with one attached hydrogen (secondary N) is 1. The second-order valence-corrected chi connectivity index (χ2v) is 5.12. The number of carbonyl (C=O) groups is 3. The van der Waals surface area contributed by atoms with Crippen LogP contribution < -0.4 is 5.32 Å². The van der Waals surface area contributed by atoms with E-state index in [1.165, 1.54) is 0 Å². The van der Waals surface area contributed by atoms with Crippen LogP contribution in [0.2, 0.25) is 0 Å². The SMILES string of the molecule is O=C(CCN1C(=O)N=C2C=CC=CC2C1=O)NC1CC1. The maximum Gasteiger partial charge on any atom is 0.350 e. The smallest absolute Gasteiger partial charge is 0.350 e. The van der Waals surface area contributed by atoms with Crippen LogP contribution in [0, 0.1) is 5.92 Å². The van der Waals surface area contributed by atoms with Crippen molar-refractivity contribution in [2.45, 2.75) is 25.3 Å². The minimum absolute atomic E-state index is 0.0844. The summed E-state index contributed by atoms with van der Waals surface area (Å²) < 4.78 is 0. The van der Waals surface area contributed by atoms with Crippen molar-refractivity contribution in [1.29, 1.82) is 0 Å². The van der Waals surface area contributed by atoms with Gasteiger partial charge in [0, 0.05) is 19.0 Å². The number of nitrogens with zero attached hydrogens (tertiary/aromatic N) is 2. The van der Waals surface area contributed by atoms with E-state index < -0.39 is 11.9 Å². The summed E-state index contributed by atoms with van der Waals surface area (Å²) in [4.78, 5) is 40.6. The lowest BCUT2D eigenvalue weighted by molar-refractivity contribution is -0.130. The Kier molecular flexibility index (Phi) is 3.22. The van der Waals surface area contributed by atoms with Gasteiger partial charge in [-0.15, -0.1) is 0 Å². The summed E-state index contributed by atoms with van der Waals surface area (Å²) >= 11 is 0. The third-order valence-electron chi connectivity index (χ3n) is 3.49. The first-order valence-corrected chi connectivity index (χ1v) is 6.73. The van der Waals surface area contributed by atoms with Gasteiger partial charge in [0.15, 0.2) is 0 Å². The highest BCUT2D eigenvalue weighted by atomic mass is 16.2. The summed E-state index contributed by atoms with van der Waals surface area (Å²) in [5, 5.41) is 2.83. The Morgan fingerprint density at radius 1 is 1.35 bits per heavy atom. The molecule has 0 bridgehead atoms. The monoisotopic (exact) mass is 273 g/mol. The standard InChI is InChI=1S/C14H15N3O3/c18-12(15-9-5-6-9)7-8-17-13(19)10-3-1-2-4-11(10)16-14(17)20/h1-4,9-10H,5-8H2,(H,15,18). The molecule has 0 aromatic carbocycles. The van der Waals surface area contributed by atoms with Gasteiger partial charge >= 0.3 is 6.03 Å². The van der Waals surface area contributed by atoms with E-state index in [-0.39, 0.29) is 30.8 Å². The summed E-state index contributed by atoms with van der Waals surface area (Å²) in [5.41, 5.74) is 0.473. The normalized spacial score (nSPS) is 24.5. The van der Waals surface area contributed by atoms with Crippen molar-refractivity contribution in [3.63, 3.8) is 0 Å². The van der Waals surface area contributed by atoms with Gasteiger partial charge in [-0.3, -0.25) is 14.5 Å². The van der Waals surface area contributed by atoms with E-state index in [1.807, 2.05) is 0 Å². The molecule has 0 aromatic heterocycles. The number of fused-ring (bicyclic) bond motifs is 1. The number of rotatable bonds is 4. The number of hydrogen-bond donors (Lipinski definition) is 1. The molecule has 3 aliphatic rings. The van der Waals surface area contributed by atoms with Gasteiger partial charge in [-0.2, -0.15) is 4.99 Å². The average molecular weight is 273 g/mol. The summed E-state index contributed by atoms with van der Waals surface area (Å²) in [5.74, 6) is -0.925. The molecule has 3 rings (SSSR count). The second kappa shape index (κ2) is 5.03. The second-order valence-electron chi connectivity index (χ2n) is 5.12. The predicted molar refractivity (Wildman–Crippen MR) is 72.1 cm³/mol. The van der Waals surface area contributed by atoms with Gasteiger partial charge in [0.25, 0.3) is 0 Å². The van der Waals surface area contributed by atoms with Gasteiger partial charge < -0.3 is 5.32 Å². The molecule has 1 atom stereocenters. The van der Waals surface area contributed by atoms with Crippen LogP contribution in [-0.4, -0.2) is 41.0 Å². The molecule has 0 saturated heterocycles. The predicted octanol–water partition coefficient (Wildman–Crippen LogP) is 0.800. The zero-order valence-electron chi connectivity index (χ0n) is 10.9. The third-order valence-corrected chi connectivity index (χ3v) is 3.49. The molecule has 2 aliphatic carbocycles. The molecule has 104 valence electrons. The lowest BCUT2D eigenvalue weighted by atomic mass is 9.95. The Morgan fingerprint density at radius 3 is 2.90 bits per heavy atom. The molecular formula is C14H15N3O3. The van der Waals surface area contributed by atoms with Crippen LogP contribution in [0.1, 0.15) is 19.3 Å². The molecule has 6 nitrogen and oxygen atoms in total. The molecule has 1 N–H and O–H groups in total. The van der Waals surface area contributed by atoms with E-state index >= 15 is 0 Å². The van der Waals surface area contributed by atoms with Crippen LogP contribution in [-0.2, 0) is 9.59 Å². The highest BCUT2D eigenvalue weighted by Gasteiger charge is 2.35. The third kappa shape index (κ3) is 2.54. The molecule has 1 saturated carbocycles. The summed E-state index contributed by atoms with van der Waals surface area (Å²) in [6, 6.07) is -0.299. The zero-order valence-corrected chi connectivity index (χ0v) is 10.9. The van der Waals surface area contributed by atoms with Crippen LogP contribution in [0.25, 0.3) is 0 Å². The molecule has 4 amide bonds. The Bertz CT molecular complexity index is 558. The van der Waals surface area contributed by atoms with Crippen LogP contribution in [0.15, 0.2) is 29.3 Å². The van der Waals surface area contributed by atoms with Crippen LogP contribution in [0.4, 0.5) is 4.79 Å². The maximum atomic E-state index is 12.2. The number of aliphatic imine (C=N–C) groups is 1. The molecule has 0 aromatic rings. The minimum atomic E-state index is -0.583. The fraction of sp³-hybridized carbons (Fsp3) is 0.429. The van der Waals surface area contributed by atoms with Gasteiger partial charge in [0.1, 0.15) is 0 Å². The van der Waals surface area contributed by atoms with Crippen LogP contribution in [0.5, 0.6) is 0 Å². The first-order chi connectivity index (χ1) is 9.65. The number of amides is 4. The molecule has 1 heterocycles. The van der Waals surface area contributed by atoms with Crippen molar-refractivity contribution >= 4 is 23.6 Å². The Balaban J connectivity index is 1.64. The van der Waals surface area contributed by atoms with Crippen molar-refractivity contribution in [1.82, 2.24) is 10.2 Å². The Labute approximate surface area is 116 Å². The fourth-order valence-electron chi connectivity index (χ4n) is 2.23. The minimum Gasteiger partial charge on any atom is -0.353 e. The van der Waals surface area contributed by atoms with Gasteiger partial charge in [0.2, 0.25) is 11.8 Å². The number of urea groups is 1. The molecule has 0 radical (unpaired) electrons. The van der Waals surface area contributed by atoms with Crippen molar-refractivity contribution in [3.05, 3.63) is 24.3 Å². The van der Waals surface area contributed by atoms with E-state index in [0.717, 1.165) is 17.7 Å². The van der Waals surface area contributed by atoms with Gasteiger partial charge in [0.05, 0.1) is 11.6 Å². The maximum absolute atomic E-state index is 12.2. The molecule has 1 fully saturated rings. The molecule has 0 spiro atoms. The fourth-order valence-corrected chi connectivity index (χ4v) is 2.23. The van der Waals surface area contributed by atoms with Gasteiger partial charge in [-0.25, -0.2) is 4.79 Å². The molecular weight excluding hydrogens is 258 g/mol. The zero-order chi connectivity index (χ0) is 14.1. The highest BCUT2D eigenvalue weighted by Crippen LogP contribution is 2.20. The molecule has 1 aliphatic heterocycles. The summed E-state index contributed by atoms with van der Waals surface area (Å²) in [6.45, 7) is 0.0844. The molecule has 1 unspecified atom stereocenters.